The van der Waals surface area contributed by atoms with Crippen LogP contribution in [0.1, 0.15) is 12.5 Å². The Hall–Kier alpha value is -2.30. The summed E-state index contributed by atoms with van der Waals surface area (Å²) in [6.07, 6.45) is 1.51. The third kappa shape index (κ3) is 3.13. The van der Waals surface area contributed by atoms with E-state index in [2.05, 4.69) is 27.5 Å². The molecular weight excluding hydrogens is 240 g/mol. The molecule has 0 fully saturated rings. The summed E-state index contributed by atoms with van der Waals surface area (Å²) in [5.41, 5.74) is 2.18. The molecule has 0 spiro atoms. The Balaban J connectivity index is 2.28. The van der Waals surface area contributed by atoms with E-state index in [1.54, 1.807) is 7.11 Å². The van der Waals surface area contributed by atoms with Gasteiger partial charge in [-0.15, -0.1) is 0 Å². The van der Waals surface area contributed by atoms with Crippen molar-refractivity contribution in [2.45, 2.75) is 13.8 Å². The lowest BCUT2D eigenvalue weighted by atomic mass is 10.2. The summed E-state index contributed by atoms with van der Waals surface area (Å²) < 4.78 is 5.37. The molecule has 0 saturated heterocycles. The minimum absolute atomic E-state index is 0.616. The second-order valence-corrected chi connectivity index (χ2v) is 4.13. The molecule has 0 aliphatic heterocycles. The van der Waals surface area contributed by atoms with Crippen LogP contribution in [-0.4, -0.2) is 23.6 Å². The molecule has 2 N–H and O–H groups in total. The third-order valence-corrected chi connectivity index (χ3v) is 2.67. The quantitative estimate of drug-likeness (QED) is 0.863. The van der Waals surface area contributed by atoms with Gasteiger partial charge < -0.3 is 15.4 Å². The number of methoxy groups -OCH3 is 1. The van der Waals surface area contributed by atoms with Gasteiger partial charge in [-0.1, -0.05) is 17.7 Å². The molecular formula is C14H18N4O. The molecule has 0 unspecified atom stereocenters. The maximum Gasteiger partial charge on any atom is 0.204 e. The van der Waals surface area contributed by atoms with Crippen molar-refractivity contribution in [3.05, 3.63) is 36.2 Å². The Morgan fingerprint density at radius 2 is 1.79 bits per heavy atom. The highest BCUT2D eigenvalue weighted by atomic mass is 16.5. The molecule has 0 radical (unpaired) electrons. The van der Waals surface area contributed by atoms with E-state index in [0.717, 1.165) is 12.2 Å². The Morgan fingerprint density at radius 1 is 1.11 bits per heavy atom. The average Bonchev–Trinajstić information content (AvgIpc) is 2.42. The molecule has 2 aromatic rings. The van der Waals surface area contributed by atoms with Gasteiger partial charge in [0.2, 0.25) is 5.75 Å². The van der Waals surface area contributed by atoms with Crippen LogP contribution in [0, 0.1) is 6.92 Å². The van der Waals surface area contributed by atoms with Crippen LogP contribution in [0.3, 0.4) is 0 Å². The van der Waals surface area contributed by atoms with E-state index in [1.807, 2.05) is 31.2 Å². The first-order valence-corrected chi connectivity index (χ1v) is 6.21. The number of ether oxygens (including phenoxy) is 1. The van der Waals surface area contributed by atoms with Crippen LogP contribution in [0.4, 0.5) is 17.3 Å². The van der Waals surface area contributed by atoms with Crippen LogP contribution >= 0.6 is 0 Å². The average molecular weight is 258 g/mol. The number of aromatic nitrogens is 2. The van der Waals surface area contributed by atoms with E-state index < -0.39 is 0 Å². The molecule has 5 heteroatoms. The number of anilines is 3. The standard InChI is InChI=1S/C14H18N4O/c1-4-15-13-12(19-3)14(17-9-16-13)18-11-7-5-10(2)6-8-11/h5-9H,4H2,1-3H3,(H2,15,16,17,18). The fourth-order valence-corrected chi connectivity index (χ4v) is 1.72. The van der Waals surface area contributed by atoms with Crippen molar-refractivity contribution in [1.82, 2.24) is 9.97 Å². The van der Waals surface area contributed by atoms with E-state index in [4.69, 9.17) is 4.74 Å². The number of aryl methyl sites for hydroxylation is 1. The second-order valence-electron chi connectivity index (χ2n) is 4.13. The number of nitrogens with one attached hydrogen (secondary N) is 2. The van der Waals surface area contributed by atoms with E-state index in [-0.39, 0.29) is 0 Å². The summed E-state index contributed by atoms with van der Waals surface area (Å²) in [6, 6.07) is 8.09. The first kappa shape index (κ1) is 13.1. The van der Waals surface area contributed by atoms with Crippen molar-refractivity contribution in [2.24, 2.45) is 0 Å². The van der Waals surface area contributed by atoms with Gasteiger partial charge in [-0.3, -0.25) is 0 Å². The van der Waals surface area contributed by atoms with E-state index in [9.17, 15) is 0 Å². The molecule has 0 saturated carbocycles. The molecule has 19 heavy (non-hydrogen) atoms. The predicted octanol–water partition coefficient (Wildman–Crippen LogP) is 2.97. The van der Waals surface area contributed by atoms with E-state index >= 15 is 0 Å². The summed E-state index contributed by atoms with van der Waals surface area (Å²) in [4.78, 5) is 8.39. The fraction of sp³-hybridized carbons (Fsp3) is 0.286. The second kappa shape index (κ2) is 6.04. The lowest BCUT2D eigenvalue weighted by molar-refractivity contribution is 0.415. The highest BCUT2D eigenvalue weighted by Crippen LogP contribution is 2.30. The Bertz CT molecular complexity index is 540. The molecule has 0 bridgehead atoms. The van der Waals surface area contributed by atoms with Crippen LogP contribution in [-0.2, 0) is 0 Å². The van der Waals surface area contributed by atoms with Crippen molar-refractivity contribution in [2.75, 3.05) is 24.3 Å². The third-order valence-electron chi connectivity index (χ3n) is 2.67. The Kier molecular flexibility index (Phi) is 4.18. The lowest BCUT2D eigenvalue weighted by Gasteiger charge is -2.13. The molecule has 0 aliphatic rings. The lowest BCUT2D eigenvalue weighted by Crippen LogP contribution is -2.05. The van der Waals surface area contributed by atoms with Gasteiger partial charge in [-0.2, -0.15) is 0 Å². The van der Waals surface area contributed by atoms with Crippen molar-refractivity contribution >= 4 is 17.3 Å². The number of hydrogen-bond acceptors (Lipinski definition) is 5. The zero-order valence-electron chi connectivity index (χ0n) is 11.4. The smallest absolute Gasteiger partial charge is 0.204 e. The van der Waals surface area contributed by atoms with Crippen molar-refractivity contribution in [1.29, 1.82) is 0 Å². The van der Waals surface area contributed by atoms with Gasteiger partial charge >= 0.3 is 0 Å². The topological polar surface area (TPSA) is 59.1 Å². The summed E-state index contributed by atoms with van der Waals surface area (Å²) in [5, 5.41) is 6.38. The summed E-state index contributed by atoms with van der Waals surface area (Å²) in [5.74, 6) is 1.96. The number of hydrogen-bond donors (Lipinski definition) is 2. The van der Waals surface area contributed by atoms with Crippen LogP contribution in [0.15, 0.2) is 30.6 Å². The first-order chi connectivity index (χ1) is 9.24. The SMILES string of the molecule is CCNc1ncnc(Nc2ccc(C)cc2)c1OC. The zero-order chi connectivity index (χ0) is 13.7. The summed E-state index contributed by atoms with van der Waals surface area (Å²) in [6.45, 7) is 4.84. The maximum atomic E-state index is 5.37. The highest BCUT2D eigenvalue weighted by molar-refractivity contribution is 5.69. The van der Waals surface area contributed by atoms with Crippen molar-refractivity contribution in [3.63, 3.8) is 0 Å². The molecule has 2 rings (SSSR count). The van der Waals surface area contributed by atoms with Gasteiger partial charge in [0.1, 0.15) is 6.33 Å². The van der Waals surface area contributed by atoms with Crippen molar-refractivity contribution < 1.29 is 4.74 Å². The van der Waals surface area contributed by atoms with Crippen LogP contribution in [0.25, 0.3) is 0 Å². The minimum atomic E-state index is 0.616. The number of rotatable bonds is 5. The molecule has 0 atom stereocenters. The Labute approximate surface area is 113 Å². The molecule has 100 valence electrons. The molecule has 1 heterocycles. The van der Waals surface area contributed by atoms with Crippen LogP contribution < -0.4 is 15.4 Å². The predicted molar refractivity (Wildman–Crippen MR) is 77.2 cm³/mol. The minimum Gasteiger partial charge on any atom is -0.490 e. The fourth-order valence-electron chi connectivity index (χ4n) is 1.72. The summed E-state index contributed by atoms with van der Waals surface area (Å²) >= 11 is 0. The van der Waals surface area contributed by atoms with E-state index in [0.29, 0.717) is 17.4 Å². The van der Waals surface area contributed by atoms with E-state index in [1.165, 1.54) is 11.9 Å². The van der Waals surface area contributed by atoms with Crippen LogP contribution in [0.5, 0.6) is 5.75 Å². The van der Waals surface area contributed by atoms with Gasteiger partial charge in [-0.25, -0.2) is 9.97 Å². The normalized spacial score (nSPS) is 10.1. The molecule has 5 nitrogen and oxygen atoms in total. The molecule has 1 aromatic carbocycles. The summed E-state index contributed by atoms with van der Waals surface area (Å²) in [7, 11) is 1.61. The van der Waals surface area contributed by atoms with Crippen LogP contribution in [0.2, 0.25) is 0 Å². The van der Waals surface area contributed by atoms with Gasteiger partial charge in [-0.05, 0) is 26.0 Å². The first-order valence-electron chi connectivity index (χ1n) is 6.21. The van der Waals surface area contributed by atoms with Gasteiger partial charge in [0, 0.05) is 12.2 Å². The number of nitrogens with zero attached hydrogens (tertiary/aromatic N) is 2. The highest BCUT2D eigenvalue weighted by Gasteiger charge is 2.11. The van der Waals surface area contributed by atoms with Crippen molar-refractivity contribution in [3.8, 4) is 5.75 Å². The molecule has 0 amide bonds. The maximum absolute atomic E-state index is 5.37. The largest absolute Gasteiger partial charge is 0.490 e. The van der Waals surface area contributed by atoms with Gasteiger partial charge in [0.25, 0.3) is 0 Å². The molecule has 0 aliphatic carbocycles. The van der Waals surface area contributed by atoms with Gasteiger partial charge in [0.15, 0.2) is 11.6 Å². The monoisotopic (exact) mass is 258 g/mol. The zero-order valence-corrected chi connectivity index (χ0v) is 11.4. The number of benzene rings is 1. The Morgan fingerprint density at radius 3 is 2.42 bits per heavy atom. The molecule has 1 aromatic heterocycles. The van der Waals surface area contributed by atoms with Gasteiger partial charge in [0.05, 0.1) is 7.11 Å².